The fourth-order valence-corrected chi connectivity index (χ4v) is 5.50. The molecule has 0 radical (unpaired) electrons. The number of nitrogens with one attached hydrogen (secondary N) is 1. The van der Waals surface area contributed by atoms with Crippen molar-refractivity contribution in [3.05, 3.63) is 77.8 Å². The lowest BCUT2D eigenvalue weighted by molar-refractivity contribution is -0.127. The summed E-state index contributed by atoms with van der Waals surface area (Å²) >= 11 is 5.89. The number of sulfonamides is 1. The van der Waals surface area contributed by atoms with Gasteiger partial charge < -0.3 is 5.32 Å². The Balaban J connectivity index is 1.48. The second-order valence-corrected chi connectivity index (χ2v) is 10.1. The summed E-state index contributed by atoms with van der Waals surface area (Å²) in [6, 6.07) is 15.4. The van der Waals surface area contributed by atoms with Crippen LogP contribution in [0.2, 0.25) is 5.02 Å². The van der Waals surface area contributed by atoms with Gasteiger partial charge in [0.15, 0.2) is 0 Å². The van der Waals surface area contributed by atoms with Crippen LogP contribution in [0.4, 0.5) is 0 Å². The summed E-state index contributed by atoms with van der Waals surface area (Å²) in [5, 5.41) is 7.71. The summed E-state index contributed by atoms with van der Waals surface area (Å²) in [5.74, 6) is -0.609. The third-order valence-corrected chi connectivity index (χ3v) is 7.69. The van der Waals surface area contributed by atoms with Crippen molar-refractivity contribution in [2.75, 3.05) is 13.1 Å². The standard InChI is InChI=1S/C22H24ClN5O3S/c23-19-8-10-20(11-9-19)32(30,31)28-12-4-7-18(13-28)22(29)26-21(14-27-16-24-15-25-27)17-5-2-1-3-6-17/h1-3,5-6,8-11,15-16,18,21H,4,7,12-14H2,(H,26,29). The molecule has 1 N–H and O–H groups in total. The van der Waals surface area contributed by atoms with Crippen LogP contribution in [-0.4, -0.2) is 46.5 Å². The van der Waals surface area contributed by atoms with Crippen LogP contribution in [0.1, 0.15) is 24.4 Å². The van der Waals surface area contributed by atoms with Crippen LogP contribution < -0.4 is 5.32 Å². The summed E-state index contributed by atoms with van der Waals surface area (Å²) in [6.45, 7) is 0.951. The average Bonchev–Trinajstić information content (AvgIpc) is 3.33. The maximum Gasteiger partial charge on any atom is 0.243 e. The van der Waals surface area contributed by atoms with Gasteiger partial charge in [-0.05, 0) is 42.7 Å². The summed E-state index contributed by atoms with van der Waals surface area (Å²) in [7, 11) is -3.69. The molecule has 1 amide bonds. The van der Waals surface area contributed by atoms with E-state index in [0.717, 1.165) is 5.56 Å². The highest BCUT2D eigenvalue weighted by Crippen LogP contribution is 2.26. The van der Waals surface area contributed by atoms with E-state index in [-0.39, 0.29) is 23.4 Å². The van der Waals surface area contributed by atoms with Gasteiger partial charge in [-0.25, -0.2) is 13.4 Å². The van der Waals surface area contributed by atoms with Gasteiger partial charge in [0.2, 0.25) is 15.9 Å². The van der Waals surface area contributed by atoms with Gasteiger partial charge in [-0.3, -0.25) is 9.48 Å². The van der Waals surface area contributed by atoms with Gasteiger partial charge in [0.1, 0.15) is 12.7 Å². The van der Waals surface area contributed by atoms with E-state index in [4.69, 9.17) is 11.6 Å². The number of nitrogens with zero attached hydrogens (tertiary/aromatic N) is 4. The zero-order chi connectivity index (χ0) is 22.6. The zero-order valence-corrected chi connectivity index (χ0v) is 18.9. The maximum absolute atomic E-state index is 13.2. The van der Waals surface area contributed by atoms with E-state index in [0.29, 0.717) is 31.0 Å². The Morgan fingerprint density at radius 2 is 1.91 bits per heavy atom. The van der Waals surface area contributed by atoms with Gasteiger partial charge >= 0.3 is 0 Å². The van der Waals surface area contributed by atoms with Gasteiger partial charge in [-0.2, -0.15) is 9.40 Å². The minimum atomic E-state index is -3.69. The minimum Gasteiger partial charge on any atom is -0.347 e. The molecule has 32 heavy (non-hydrogen) atoms. The van der Waals surface area contributed by atoms with Gasteiger partial charge in [0, 0.05) is 18.1 Å². The molecule has 1 fully saturated rings. The number of amides is 1. The molecule has 168 valence electrons. The van der Waals surface area contributed by atoms with Gasteiger partial charge in [-0.15, -0.1) is 0 Å². The molecule has 2 heterocycles. The summed E-state index contributed by atoms with van der Waals surface area (Å²) in [4.78, 5) is 17.3. The first kappa shape index (κ1) is 22.4. The molecule has 0 saturated carbocycles. The van der Waals surface area contributed by atoms with Crippen LogP contribution >= 0.6 is 11.6 Å². The Hall–Kier alpha value is -2.75. The molecule has 10 heteroatoms. The van der Waals surface area contributed by atoms with E-state index in [9.17, 15) is 13.2 Å². The van der Waals surface area contributed by atoms with Crippen molar-refractivity contribution >= 4 is 27.5 Å². The zero-order valence-electron chi connectivity index (χ0n) is 17.3. The number of piperidine rings is 1. The van der Waals surface area contributed by atoms with Crippen molar-refractivity contribution in [1.82, 2.24) is 24.4 Å². The molecule has 0 spiro atoms. The van der Waals surface area contributed by atoms with Crippen molar-refractivity contribution < 1.29 is 13.2 Å². The third-order valence-electron chi connectivity index (χ3n) is 5.56. The number of halogens is 1. The normalized spacial score (nSPS) is 18.2. The summed E-state index contributed by atoms with van der Waals surface area (Å²) in [5.41, 5.74) is 0.942. The van der Waals surface area contributed by atoms with Crippen LogP contribution in [0, 0.1) is 5.92 Å². The monoisotopic (exact) mass is 473 g/mol. The van der Waals surface area contributed by atoms with Crippen LogP contribution in [0.25, 0.3) is 0 Å². The Kier molecular flexibility index (Phi) is 6.88. The molecular weight excluding hydrogens is 450 g/mol. The average molecular weight is 474 g/mol. The number of carbonyl (C=O) groups excluding carboxylic acids is 1. The number of hydrogen-bond acceptors (Lipinski definition) is 5. The third kappa shape index (κ3) is 5.17. The minimum absolute atomic E-state index is 0.141. The van der Waals surface area contributed by atoms with E-state index in [1.165, 1.54) is 22.8 Å². The van der Waals surface area contributed by atoms with E-state index in [1.54, 1.807) is 23.1 Å². The van der Waals surface area contributed by atoms with Crippen LogP contribution in [0.5, 0.6) is 0 Å². The van der Waals surface area contributed by atoms with Crippen molar-refractivity contribution in [2.45, 2.75) is 30.3 Å². The summed E-state index contributed by atoms with van der Waals surface area (Å²) < 4.78 is 29.2. The lowest BCUT2D eigenvalue weighted by Crippen LogP contribution is -2.46. The maximum atomic E-state index is 13.2. The number of benzene rings is 2. The molecule has 4 rings (SSSR count). The molecule has 1 aromatic heterocycles. The Labute approximate surface area is 192 Å². The number of hydrogen-bond donors (Lipinski definition) is 1. The van der Waals surface area contributed by atoms with Crippen molar-refractivity contribution in [1.29, 1.82) is 0 Å². The SMILES string of the molecule is O=C(NC(Cn1cncn1)c1ccccc1)C1CCCN(S(=O)(=O)c2ccc(Cl)cc2)C1. The second kappa shape index (κ2) is 9.81. The highest BCUT2D eigenvalue weighted by molar-refractivity contribution is 7.89. The molecule has 2 unspecified atom stereocenters. The molecule has 0 bridgehead atoms. The number of aromatic nitrogens is 3. The van der Waals surface area contributed by atoms with Crippen LogP contribution in [-0.2, 0) is 21.4 Å². The Morgan fingerprint density at radius 1 is 1.16 bits per heavy atom. The van der Waals surface area contributed by atoms with Crippen molar-refractivity contribution in [2.24, 2.45) is 5.92 Å². The largest absolute Gasteiger partial charge is 0.347 e. The summed E-state index contributed by atoms with van der Waals surface area (Å²) in [6.07, 6.45) is 4.29. The lowest BCUT2D eigenvalue weighted by Gasteiger charge is -2.32. The van der Waals surface area contributed by atoms with E-state index < -0.39 is 15.9 Å². The molecule has 1 aliphatic heterocycles. The quantitative estimate of drug-likeness (QED) is 0.569. The number of carbonyl (C=O) groups is 1. The highest BCUT2D eigenvalue weighted by atomic mass is 35.5. The molecule has 8 nitrogen and oxygen atoms in total. The van der Waals surface area contributed by atoms with E-state index >= 15 is 0 Å². The first-order chi connectivity index (χ1) is 15.4. The van der Waals surface area contributed by atoms with E-state index in [2.05, 4.69) is 15.4 Å². The Morgan fingerprint density at radius 3 is 2.59 bits per heavy atom. The first-order valence-electron chi connectivity index (χ1n) is 10.4. The van der Waals surface area contributed by atoms with Gasteiger partial charge in [0.05, 0.1) is 23.4 Å². The molecule has 1 saturated heterocycles. The smallest absolute Gasteiger partial charge is 0.243 e. The topological polar surface area (TPSA) is 97.2 Å². The predicted molar refractivity (Wildman–Crippen MR) is 120 cm³/mol. The van der Waals surface area contributed by atoms with Gasteiger partial charge in [0.25, 0.3) is 0 Å². The molecule has 0 aliphatic carbocycles. The first-order valence-corrected chi connectivity index (χ1v) is 12.2. The molecule has 3 aromatic rings. The highest BCUT2D eigenvalue weighted by Gasteiger charge is 2.34. The lowest BCUT2D eigenvalue weighted by atomic mass is 9.97. The second-order valence-electron chi connectivity index (χ2n) is 7.75. The van der Waals surface area contributed by atoms with Crippen molar-refractivity contribution in [3.8, 4) is 0 Å². The molecule has 2 aromatic carbocycles. The van der Waals surface area contributed by atoms with Crippen LogP contribution in [0.15, 0.2) is 72.1 Å². The fraction of sp³-hybridized carbons (Fsp3) is 0.318. The van der Waals surface area contributed by atoms with Crippen molar-refractivity contribution in [3.63, 3.8) is 0 Å². The fourth-order valence-electron chi connectivity index (χ4n) is 3.85. The van der Waals surface area contributed by atoms with Crippen LogP contribution in [0.3, 0.4) is 0 Å². The van der Waals surface area contributed by atoms with Gasteiger partial charge in [-0.1, -0.05) is 41.9 Å². The molecule has 1 aliphatic rings. The van der Waals surface area contributed by atoms with E-state index in [1.807, 2.05) is 30.3 Å². The molecular formula is C22H24ClN5O3S. The predicted octanol–water partition coefficient (Wildman–Crippen LogP) is 2.89. The Bertz CT molecular complexity index is 1140. The molecule has 2 atom stereocenters. The number of rotatable bonds is 7.